The largest absolute Gasteiger partial charge is 0.481 e. The van der Waals surface area contributed by atoms with E-state index in [1.54, 1.807) is 12.3 Å². The third-order valence-corrected chi connectivity index (χ3v) is 4.77. The van der Waals surface area contributed by atoms with E-state index in [4.69, 9.17) is 5.11 Å². The second kappa shape index (κ2) is 8.01. The Labute approximate surface area is 157 Å². The zero-order valence-electron chi connectivity index (χ0n) is 13.6. The Hall–Kier alpha value is -2.19. The van der Waals surface area contributed by atoms with Crippen molar-refractivity contribution in [3.63, 3.8) is 0 Å². The summed E-state index contributed by atoms with van der Waals surface area (Å²) in [4.78, 5) is 19.2. The summed E-state index contributed by atoms with van der Waals surface area (Å²) in [5, 5.41) is 9.39. The number of pyridine rings is 1. The first-order valence-electron chi connectivity index (χ1n) is 7.50. The van der Waals surface area contributed by atoms with E-state index in [0.717, 1.165) is 11.3 Å². The molecule has 0 saturated heterocycles. The maximum Gasteiger partial charge on any atom is 0.307 e. The van der Waals surface area contributed by atoms with Gasteiger partial charge in [0.15, 0.2) is 11.6 Å². The van der Waals surface area contributed by atoms with Gasteiger partial charge in [-0.25, -0.2) is 18.2 Å². The van der Waals surface area contributed by atoms with Crippen molar-refractivity contribution >= 4 is 39.9 Å². The minimum absolute atomic E-state index is 0. The smallest absolute Gasteiger partial charge is 0.307 e. The van der Waals surface area contributed by atoms with Gasteiger partial charge < -0.3 is 5.11 Å². The van der Waals surface area contributed by atoms with Gasteiger partial charge in [0.1, 0.15) is 11.3 Å². The van der Waals surface area contributed by atoms with Gasteiger partial charge in [0.25, 0.3) is 0 Å². The van der Waals surface area contributed by atoms with Crippen LogP contribution in [0, 0.1) is 17.5 Å². The van der Waals surface area contributed by atoms with Gasteiger partial charge in [-0.2, -0.15) is 0 Å². The summed E-state index contributed by atoms with van der Waals surface area (Å²) in [5.74, 6) is -4.28. The van der Waals surface area contributed by atoms with Crippen molar-refractivity contribution in [3.8, 4) is 0 Å². The topological polar surface area (TPSA) is 63.1 Å². The molecule has 0 spiro atoms. The summed E-state index contributed by atoms with van der Waals surface area (Å²) in [5.41, 5.74) is 1.63. The SMILES string of the molecule is CCc1ncc(Cc2nc3c(F)c(F)cc(F)c3s2)cc1CC(=O)O.Cl. The molecule has 2 aromatic heterocycles. The summed E-state index contributed by atoms with van der Waals surface area (Å²) >= 11 is 0.934. The van der Waals surface area contributed by atoms with Gasteiger partial charge in [-0.15, -0.1) is 23.7 Å². The molecule has 0 saturated carbocycles. The van der Waals surface area contributed by atoms with Crippen molar-refractivity contribution in [1.29, 1.82) is 0 Å². The van der Waals surface area contributed by atoms with Crippen LogP contribution in [0.3, 0.4) is 0 Å². The number of nitrogens with zero attached hydrogens (tertiary/aromatic N) is 2. The molecular formula is C17H14ClF3N2O2S. The molecule has 0 aliphatic rings. The van der Waals surface area contributed by atoms with Crippen molar-refractivity contribution in [2.45, 2.75) is 26.2 Å². The second-order valence-electron chi connectivity index (χ2n) is 5.49. The molecule has 9 heteroatoms. The number of hydrogen-bond donors (Lipinski definition) is 1. The van der Waals surface area contributed by atoms with E-state index >= 15 is 0 Å². The minimum Gasteiger partial charge on any atom is -0.481 e. The van der Waals surface area contributed by atoms with E-state index in [1.807, 2.05) is 6.92 Å². The molecule has 0 bridgehead atoms. The lowest BCUT2D eigenvalue weighted by atomic mass is 10.0. The highest BCUT2D eigenvalue weighted by Crippen LogP contribution is 2.30. The first kappa shape index (κ1) is 20.1. The number of fused-ring (bicyclic) bond motifs is 1. The molecule has 0 aliphatic carbocycles. The van der Waals surface area contributed by atoms with Gasteiger partial charge in [0.2, 0.25) is 0 Å². The fourth-order valence-corrected chi connectivity index (χ4v) is 3.60. The number of aromatic nitrogens is 2. The molecule has 2 heterocycles. The maximum atomic E-state index is 13.8. The predicted molar refractivity (Wildman–Crippen MR) is 94.5 cm³/mol. The lowest BCUT2D eigenvalue weighted by molar-refractivity contribution is -0.136. The maximum absolute atomic E-state index is 13.8. The number of hydrogen-bond acceptors (Lipinski definition) is 4. The lowest BCUT2D eigenvalue weighted by Gasteiger charge is -2.07. The van der Waals surface area contributed by atoms with E-state index in [1.165, 1.54) is 0 Å². The van der Waals surface area contributed by atoms with Crippen LogP contribution >= 0.6 is 23.7 Å². The first-order chi connectivity index (χ1) is 11.9. The van der Waals surface area contributed by atoms with E-state index in [2.05, 4.69) is 9.97 Å². The number of carboxylic acids is 1. The van der Waals surface area contributed by atoms with Gasteiger partial charge in [-0.1, -0.05) is 13.0 Å². The van der Waals surface area contributed by atoms with E-state index in [9.17, 15) is 18.0 Å². The minimum atomic E-state index is -1.28. The van der Waals surface area contributed by atoms with E-state index in [0.29, 0.717) is 34.3 Å². The summed E-state index contributed by atoms with van der Waals surface area (Å²) < 4.78 is 40.8. The fraction of sp³-hybridized carbons (Fsp3) is 0.235. The zero-order chi connectivity index (χ0) is 18.1. The van der Waals surface area contributed by atoms with Crippen LogP contribution < -0.4 is 0 Å². The molecule has 1 N–H and O–H groups in total. The number of benzene rings is 1. The molecule has 3 aromatic rings. The predicted octanol–water partition coefficient (Wildman–Crippen LogP) is 4.31. The standard InChI is InChI=1S/C17H13F3N2O2S.ClH/c1-2-12-9(5-14(23)24)3-8(7-21-12)4-13-22-16-15(20)10(18)6-11(19)17(16)25-13;/h3,6-7H,2,4-5H2,1H3,(H,23,24);1H. The molecule has 1 aromatic carbocycles. The molecule has 0 fully saturated rings. The fourth-order valence-electron chi connectivity index (χ4n) is 2.60. The van der Waals surface area contributed by atoms with Crippen LogP contribution in [0.2, 0.25) is 0 Å². The second-order valence-corrected chi connectivity index (χ2v) is 6.57. The molecule has 0 aliphatic heterocycles. The van der Waals surface area contributed by atoms with Crippen LogP contribution in [0.4, 0.5) is 13.2 Å². The van der Waals surface area contributed by atoms with E-state index < -0.39 is 23.4 Å². The average molecular weight is 403 g/mol. The third kappa shape index (κ3) is 3.96. The van der Waals surface area contributed by atoms with E-state index in [-0.39, 0.29) is 35.5 Å². The number of halogens is 4. The number of aryl methyl sites for hydroxylation is 1. The molecule has 3 rings (SSSR count). The zero-order valence-corrected chi connectivity index (χ0v) is 15.2. The van der Waals surface area contributed by atoms with Crippen molar-refractivity contribution in [1.82, 2.24) is 9.97 Å². The number of aliphatic carboxylic acids is 1. The van der Waals surface area contributed by atoms with Crippen LogP contribution in [0.25, 0.3) is 10.2 Å². The Morgan fingerprint density at radius 2 is 1.96 bits per heavy atom. The number of thiazole rings is 1. The van der Waals surface area contributed by atoms with Crippen molar-refractivity contribution in [2.75, 3.05) is 0 Å². The summed E-state index contributed by atoms with van der Waals surface area (Å²) in [6.07, 6.45) is 2.26. The summed E-state index contributed by atoms with van der Waals surface area (Å²) in [7, 11) is 0. The normalized spacial score (nSPS) is 10.8. The molecule has 0 amide bonds. The Bertz CT molecular complexity index is 978. The van der Waals surface area contributed by atoms with Crippen molar-refractivity contribution < 1.29 is 23.1 Å². The Morgan fingerprint density at radius 1 is 1.23 bits per heavy atom. The molecule has 4 nitrogen and oxygen atoms in total. The number of carbonyl (C=O) groups is 1. The van der Waals surface area contributed by atoms with Gasteiger partial charge in [-0.05, 0) is 17.5 Å². The summed E-state index contributed by atoms with van der Waals surface area (Å²) in [6, 6.07) is 2.21. The third-order valence-electron chi connectivity index (χ3n) is 3.71. The van der Waals surface area contributed by atoms with Gasteiger partial charge >= 0.3 is 5.97 Å². The van der Waals surface area contributed by atoms with Crippen LogP contribution in [-0.4, -0.2) is 21.0 Å². The highest BCUT2D eigenvalue weighted by Gasteiger charge is 2.18. The van der Waals surface area contributed by atoms with Gasteiger partial charge in [-0.3, -0.25) is 9.78 Å². The van der Waals surface area contributed by atoms with Crippen LogP contribution in [0.1, 0.15) is 28.8 Å². The Morgan fingerprint density at radius 3 is 2.62 bits per heavy atom. The Kier molecular flexibility index (Phi) is 6.20. The lowest BCUT2D eigenvalue weighted by Crippen LogP contribution is -2.06. The molecule has 138 valence electrons. The van der Waals surface area contributed by atoms with Crippen LogP contribution in [0.15, 0.2) is 18.3 Å². The van der Waals surface area contributed by atoms with Crippen LogP contribution in [0.5, 0.6) is 0 Å². The molecule has 26 heavy (non-hydrogen) atoms. The number of carboxylic acid groups (broad SMARTS) is 1. The average Bonchev–Trinajstić information content (AvgIpc) is 2.97. The Balaban J connectivity index is 0.00000243. The van der Waals surface area contributed by atoms with Crippen LogP contribution in [-0.2, 0) is 24.1 Å². The molecule has 0 unspecified atom stereocenters. The quantitative estimate of drug-likeness (QED) is 0.646. The first-order valence-corrected chi connectivity index (χ1v) is 8.32. The highest BCUT2D eigenvalue weighted by molar-refractivity contribution is 7.18. The summed E-state index contributed by atoms with van der Waals surface area (Å²) in [6.45, 7) is 1.88. The van der Waals surface area contributed by atoms with Gasteiger partial charge in [0.05, 0.1) is 16.1 Å². The number of rotatable bonds is 5. The highest BCUT2D eigenvalue weighted by atomic mass is 35.5. The van der Waals surface area contributed by atoms with Crippen molar-refractivity contribution in [2.24, 2.45) is 0 Å². The molecular weight excluding hydrogens is 389 g/mol. The van der Waals surface area contributed by atoms with Gasteiger partial charge in [0, 0.05) is 24.4 Å². The molecule has 0 atom stereocenters. The molecule has 0 radical (unpaired) electrons. The van der Waals surface area contributed by atoms with Crippen molar-refractivity contribution in [3.05, 3.63) is 57.6 Å². The monoisotopic (exact) mass is 402 g/mol.